The van der Waals surface area contributed by atoms with Gasteiger partial charge < -0.3 is 11.1 Å². The summed E-state index contributed by atoms with van der Waals surface area (Å²) in [6.07, 6.45) is 1.08. The Kier molecular flexibility index (Phi) is 2.55. The average Bonchev–Trinajstić information content (AvgIpc) is 2.84. The van der Waals surface area contributed by atoms with Crippen LogP contribution >= 0.6 is 0 Å². The van der Waals surface area contributed by atoms with Gasteiger partial charge in [0.2, 0.25) is 10.0 Å². The Morgan fingerprint density at radius 3 is 2.56 bits per heavy atom. The van der Waals surface area contributed by atoms with Crippen LogP contribution in [0.2, 0.25) is 0 Å². The third-order valence-corrected chi connectivity index (χ3v) is 3.71. The van der Waals surface area contributed by atoms with E-state index in [1.807, 2.05) is 0 Å². The summed E-state index contributed by atoms with van der Waals surface area (Å²) in [4.78, 5) is 0.0810. The summed E-state index contributed by atoms with van der Waals surface area (Å²) in [5.41, 5.74) is 6.93. The lowest BCUT2D eigenvalue weighted by molar-refractivity contribution is 0.598. The molecule has 6 heteroatoms. The number of benzene rings is 1. The lowest BCUT2D eigenvalue weighted by atomic mass is 10.2. The molecule has 1 aromatic rings. The van der Waals surface area contributed by atoms with Gasteiger partial charge in [-0.25, -0.2) is 13.6 Å². The topological polar surface area (TPSA) is 98.2 Å². The molecule has 0 radical (unpaired) electrons. The smallest absolute Gasteiger partial charge is 0.238 e. The Morgan fingerprint density at radius 2 is 2.06 bits per heavy atom. The summed E-state index contributed by atoms with van der Waals surface area (Å²) < 4.78 is 22.3. The van der Waals surface area contributed by atoms with Crippen molar-refractivity contribution in [3.05, 3.63) is 18.2 Å². The number of nitrogens with one attached hydrogen (secondary N) is 1. The fourth-order valence-corrected chi connectivity index (χ4v) is 2.10. The van der Waals surface area contributed by atoms with Crippen molar-refractivity contribution in [1.82, 2.24) is 0 Å². The quantitative estimate of drug-likeness (QED) is 0.680. The maximum Gasteiger partial charge on any atom is 0.238 e. The average molecular weight is 241 g/mol. The van der Waals surface area contributed by atoms with Gasteiger partial charge in [-0.15, -0.1) is 0 Å². The molecule has 1 aliphatic rings. The molecule has 2 unspecified atom stereocenters. The van der Waals surface area contributed by atoms with Crippen molar-refractivity contribution in [2.75, 3.05) is 11.1 Å². The van der Waals surface area contributed by atoms with E-state index in [1.165, 1.54) is 12.1 Å². The number of nitrogen functional groups attached to an aromatic ring is 1. The zero-order chi connectivity index (χ0) is 11.9. The molecule has 1 aromatic carbocycles. The summed E-state index contributed by atoms with van der Waals surface area (Å²) >= 11 is 0. The molecule has 1 aliphatic carbocycles. The second-order valence-corrected chi connectivity index (χ2v) is 5.82. The number of anilines is 2. The Balaban J connectivity index is 2.29. The van der Waals surface area contributed by atoms with Gasteiger partial charge in [-0.05, 0) is 30.5 Å². The Bertz CT molecular complexity index is 513. The molecular weight excluding hydrogens is 226 g/mol. The van der Waals surface area contributed by atoms with Gasteiger partial charge in [-0.1, -0.05) is 6.92 Å². The highest BCUT2D eigenvalue weighted by atomic mass is 32.2. The van der Waals surface area contributed by atoms with Gasteiger partial charge in [0.1, 0.15) is 0 Å². The van der Waals surface area contributed by atoms with E-state index < -0.39 is 10.0 Å². The van der Waals surface area contributed by atoms with Crippen LogP contribution in [-0.4, -0.2) is 14.5 Å². The molecule has 2 atom stereocenters. The first-order valence-electron chi connectivity index (χ1n) is 5.07. The maximum atomic E-state index is 11.2. The number of sulfonamides is 1. The van der Waals surface area contributed by atoms with E-state index in [2.05, 4.69) is 12.2 Å². The minimum absolute atomic E-state index is 0.0810. The van der Waals surface area contributed by atoms with Crippen molar-refractivity contribution in [2.24, 2.45) is 11.1 Å². The Labute approximate surface area is 94.9 Å². The van der Waals surface area contributed by atoms with Crippen LogP contribution in [0.3, 0.4) is 0 Å². The molecule has 0 aliphatic heterocycles. The van der Waals surface area contributed by atoms with Crippen molar-refractivity contribution in [3.8, 4) is 0 Å². The van der Waals surface area contributed by atoms with Crippen molar-refractivity contribution in [1.29, 1.82) is 0 Å². The standard InChI is InChI=1S/C10H15N3O2S/c1-6-4-9(6)13-10-5-7(16(12,14)15)2-3-8(10)11/h2-3,5-6,9,13H,4,11H2,1H3,(H2,12,14,15). The van der Waals surface area contributed by atoms with E-state index in [9.17, 15) is 8.42 Å². The second-order valence-electron chi connectivity index (χ2n) is 4.26. The van der Waals surface area contributed by atoms with Crippen LogP contribution in [0.15, 0.2) is 23.1 Å². The van der Waals surface area contributed by atoms with Crippen LogP contribution in [0, 0.1) is 5.92 Å². The van der Waals surface area contributed by atoms with Crippen LogP contribution < -0.4 is 16.2 Å². The molecule has 0 bridgehead atoms. The molecule has 0 spiro atoms. The van der Waals surface area contributed by atoms with E-state index >= 15 is 0 Å². The number of rotatable bonds is 3. The predicted octanol–water partition coefficient (Wildman–Crippen LogP) is 0.737. The fourth-order valence-electron chi connectivity index (χ4n) is 1.56. The molecule has 1 saturated carbocycles. The highest BCUT2D eigenvalue weighted by Crippen LogP contribution is 2.34. The molecule has 0 amide bonds. The first-order chi connectivity index (χ1) is 7.38. The number of primary sulfonamides is 1. The molecule has 88 valence electrons. The van der Waals surface area contributed by atoms with Crippen LogP contribution in [0.4, 0.5) is 11.4 Å². The van der Waals surface area contributed by atoms with Gasteiger partial charge in [-0.3, -0.25) is 0 Å². The van der Waals surface area contributed by atoms with E-state index in [1.54, 1.807) is 6.07 Å². The molecule has 1 fully saturated rings. The minimum Gasteiger partial charge on any atom is -0.397 e. The van der Waals surface area contributed by atoms with Crippen molar-refractivity contribution < 1.29 is 8.42 Å². The zero-order valence-electron chi connectivity index (χ0n) is 8.97. The molecule has 5 N–H and O–H groups in total. The predicted molar refractivity (Wildman–Crippen MR) is 63.4 cm³/mol. The first-order valence-corrected chi connectivity index (χ1v) is 6.61. The van der Waals surface area contributed by atoms with Gasteiger partial charge in [0.25, 0.3) is 0 Å². The second kappa shape index (κ2) is 3.64. The third kappa shape index (κ3) is 2.28. The minimum atomic E-state index is -3.67. The molecule has 0 heterocycles. The highest BCUT2D eigenvalue weighted by Gasteiger charge is 2.32. The van der Waals surface area contributed by atoms with Crippen LogP contribution in [0.25, 0.3) is 0 Å². The zero-order valence-corrected chi connectivity index (χ0v) is 9.79. The van der Waals surface area contributed by atoms with E-state index in [-0.39, 0.29) is 4.90 Å². The lowest BCUT2D eigenvalue weighted by Gasteiger charge is -2.10. The molecular formula is C10H15N3O2S. The number of hydrogen-bond acceptors (Lipinski definition) is 4. The molecule has 0 aromatic heterocycles. The van der Waals surface area contributed by atoms with Crippen molar-refractivity contribution >= 4 is 21.4 Å². The van der Waals surface area contributed by atoms with Gasteiger partial charge in [0.15, 0.2) is 0 Å². The van der Waals surface area contributed by atoms with Crippen molar-refractivity contribution in [3.63, 3.8) is 0 Å². The Morgan fingerprint density at radius 1 is 1.44 bits per heavy atom. The lowest BCUT2D eigenvalue weighted by Crippen LogP contribution is -2.13. The summed E-state index contributed by atoms with van der Waals surface area (Å²) in [6.45, 7) is 2.12. The van der Waals surface area contributed by atoms with Gasteiger partial charge in [0, 0.05) is 6.04 Å². The Hall–Kier alpha value is -1.27. The number of hydrogen-bond donors (Lipinski definition) is 3. The monoisotopic (exact) mass is 241 g/mol. The van der Waals surface area contributed by atoms with Crippen LogP contribution in [0.5, 0.6) is 0 Å². The first kappa shape index (κ1) is 11.2. The van der Waals surface area contributed by atoms with Gasteiger partial charge in [-0.2, -0.15) is 0 Å². The van der Waals surface area contributed by atoms with Gasteiger partial charge in [0.05, 0.1) is 16.3 Å². The van der Waals surface area contributed by atoms with E-state index in [4.69, 9.17) is 10.9 Å². The molecule has 2 rings (SSSR count). The SMILES string of the molecule is CC1CC1Nc1cc(S(N)(=O)=O)ccc1N. The molecule has 0 saturated heterocycles. The normalized spacial score (nSPS) is 24.1. The van der Waals surface area contributed by atoms with E-state index in [0.717, 1.165) is 6.42 Å². The highest BCUT2D eigenvalue weighted by molar-refractivity contribution is 7.89. The summed E-state index contributed by atoms with van der Waals surface area (Å²) in [6, 6.07) is 4.83. The fraction of sp³-hybridized carbons (Fsp3) is 0.400. The van der Waals surface area contributed by atoms with Crippen molar-refractivity contribution in [2.45, 2.75) is 24.3 Å². The maximum absolute atomic E-state index is 11.2. The summed E-state index contributed by atoms with van der Waals surface area (Å²) in [5, 5.41) is 8.25. The van der Waals surface area contributed by atoms with Crippen LogP contribution in [0.1, 0.15) is 13.3 Å². The van der Waals surface area contributed by atoms with Gasteiger partial charge >= 0.3 is 0 Å². The summed E-state index contributed by atoms with van der Waals surface area (Å²) in [5.74, 6) is 0.609. The molecule has 5 nitrogen and oxygen atoms in total. The molecule has 16 heavy (non-hydrogen) atoms. The summed E-state index contributed by atoms with van der Waals surface area (Å²) in [7, 11) is -3.67. The van der Waals surface area contributed by atoms with Crippen LogP contribution in [-0.2, 0) is 10.0 Å². The number of nitrogens with two attached hydrogens (primary N) is 2. The largest absolute Gasteiger partial charge is 0.397 e. The third-order valence-electron chi connectivity index (χ3n) is 2.80. The van der Waals surface area contributed by atoms with E-state index in [0.29, 0.717) is 23.3 Å².